The van der Waals surface area contributed by atoms with Crippen LogP contribution in [0.15, 0.2) is 24.4 Å². The van der Waals surface area contributed by atoms with Gasteiger partial charge in [-0.1, -0.05) is 32.8 Å². The molecule has 1 aliphatic heterocycles. The largest absolute Gasteiger partial charge is 0.350 e. The van der Waals surface area contributed by atoms with E-state index in [9.17, 15) is 9.59 Å². The van der Waals surface area contributed by atoms with Crippen molar-refractivity contribution in [3.05, 3.63) is 35.8 Å². The molecule has 0 aromatic carbocycles. The highest BCUT2D eigenvalue weighted by Gasteiger charge is 2.28. The minimum atomic E-state index is -0.177. The second kappa shape index (κ2) is 9.81. The second-order valence-electron chi connectivity index (χ2n) is 9.43. The molecule has 4 rings (SSSR count). The van der Waals surface area contributed by atoms with Gasteiger partial charge >= 0.3 is 0 Å². The fraction of sp³-hybridized carbons (Fsp3) is 0.625. The lowest BCUT2D eigenvalue weighted by Crippen LogP contribution is -2.42. The molecule has 2 fully saturated rings. The molecular weight excluding hydrogens is 390 g/mol. The summed E-state index contributed by atoms with van der Waals surface area (Å²) in [6, 6.07) is 5.61. The summed E-state index contributed by atoms with van der Waals surface area (Å²) in [6.45, 7) is 7.11. The maximum Gasteiger partial charge on any atom is 0.271 e. The van der Waals surface area contributed by atoms with Crippen LogP contribution in [0.3, 0.4) is 0 Å². The Bertz CT molecular complexity index is 916. The van der Waals surface area contributed by atoms with Crippen molar-refractivity contribution in [2.24, 2.45) is 17.8 Å². The zero-order valence-electron chi connectivity index (χ0n) is 18.7. The quantitative estimate of drug-likeness (QED) is 0.664. The lowest BCUT2D eigenvalue weighted by Gasteiger charge is -2.34. The monoisotopic (exact) mass is 425 g/mol. The molecule has 31 heavy (non-hydrogen) atoms. The van der Waals surface area contributed by atoms with Gasteiger partial charge < -0.3 is 16.0 Å². The first-order valence-corrected chi connectivity index (χ1v) is 11.8. The Morgan fingerprint density at radius 1 is 1.13 bits per heavy atom. The van der Waals surface area contributed by atoms with E-state index >= 15 is 0 Å². The predicted octanol–water partition coefficient (Wildman–Crippen LogP) is 3.01. The van der Waals surface area contributed by atoms with Crippen LogP contribution in [0, 0.1) is 17.8 Å². The lowest BCUT2D eigenvalue weighted by molar-refractivity contribution is 0.0910. The van der Waals surface area contributed by atoms with Crippen molar-refractivity contribution in [2.45, 2.75) is 58.4 Å². The average molecular weight is 426 g/mol. The number of rotatable bonds is 6. The number of nitrogens with zero attached hydrogens (tertiary/aromatic N) is 2. The number of fused-ring (bicyclic) bond motifs is 1. The molecule has 0 radical (unpaired) electrons. The van der Waals surface area contributed by atoms with E-state index in [0.29, 0.717) is 41.3 Å². The van der Waals surface area contributed by atoms with E-state index < -0.39 is 0 Å². The summed E-state index contributed by atoms with van der Waals surface area (Å²) >= 11 is 0. The van der Waals surface area contributed by atoms with Gasteiger partial charge in [0.25, 0.3) is 11.8 Å². The molecule has 7 heteroatoms. The molecule has 1 saturated heterocycles. The number of aromatic nitrogens is 2. The van der Waals surface area contributed by atoms with Gasteiger partial charge in [0.05, 0.1) is 0 Å². The molecule has 1 unspecified atom stereocenters. The normalized spacial score (nSPS) is 22.5. The molecule has 168 valence electrons. The lowest BCUT2D eigenvalue weighted by atomic mass is 9.73. The number of amides is 2. The topological polar surface area (TPSA) is 87.5 Å². The number of carbonyl (C=O) groups excluding carboxylic acids is 2. The van der Waals surface area contributed by atoms with Crippen LogP contribution in [0.25, 0.3) is 5.65 Å². The highest BCUT2D eigenvalue weighted by atomic mass is 16.2. The van der Waals surface area contributed by atoms with Crippen molar-refractivity contribution in [3.8, 4) is 0 Å². The summed E-state index contributed by atoms with van der Waals surface area (Å²) in [6.07, 6.45) is 8.50. The number of nitrogens with one attached hydrogen (secondary N) is 3. The first-order chi connectivity index (χ1) is 15.0. The molecule has 0 bridgehead atoms. The van der Waals surface area contributed by atoms with E-state index in [2.05, 4.69) is 34.8 Å². The van der Waals surface area contributed by atoms with Crippen LogP contribution in [-0.4, -0.2) is 46.9 Å². The predicted molar refractivity (Wildman–Crippen MR) is 121 cm³/mol. The van der Waals surface area contributed by atoms with E-state index in [0.717, 1.165) is 25.9 Å². The van der Waals surface area contributed by atoms with Gasteiger partial charge in [-0.2, -0.15) is 0 Å². The van der Waals surface area contributed by atoms with Crippen molar-refractivity contribution in [1.29, 1.82) is 0 Å². The number of imidazole rings is 1. The zero-order valence-corrected chi connectivity index (χ0v) is 18.7. The summed E-state index contributed by atoms with van der Waals surface area (Å²) in [4.78, 5) is 30.2. The Labute approximate surface area is 184 Å². The maximum absolute atomic E-state index is 13.0. The van der Waals surface area contributed by atoms with Gasteiger partial charge in [0, 0.05) is 18.8 Å². The SMILES string of the molecule is CC(C)C1CCCC[C@H]1CNC(=O)c1cccc2nc(C(=O)NC3CCNCC3)cn12. The number of carbonyl (C=O) groups is 2. The van der Waals surface area contributed by atoms with Gasteiger partial charge in [0.1, 0.15) is 17.0 Å². The number of piperidine rings is 1. The molecule has 7 nitrogen and oxygen atoms in total. The molecule has 3 heterocycles. The van der Waals surface area contributed by atoms with Gasteiger partial charge in [-0.05, 0) is 68.7 Å². The van der Waals surface area contributed by atoms with Crippen molar-refractivity contribution in [3.63, 3.8) is 0 Å². The third kappa shape index (κ3) is 5.09. The molecule has 2 aromatic heterocycles. The van der Waals surface area contributed by atoms with Crippen molar-refractivity contribution in [1.82, 2.24) is 25.3 Å². The van der Waals surface area contributed by atoms with Gasteiger partial charge in [-0.25, -0.2) is 4.98 Å². The number of pyridine rings is 1. The van der Waals surface area contributed by atoms with Crippen LogP contribution in [0.1, 0.15) is 73.3 Å². The van der Waals surface area contributed by atoms with Gasteiger partial charge in [0.15, 0.2) is 0 Å². The molecule has 1 aliphatic carbocycles. The summed E-state index contributed by atoms with van der Waals surface area (Å²) in [7, 11) is 0. The standard InChI is InChI=1S/C24H35N5O2/c1-16(2)19-7-4-3-6-17(19)14-26-24(31)21-8-5-9-22-28-20(15-29(21)22)23(30)27-18-10-12-25-13-11-18/h5,8-9,15-19,25H,3-4,6-7,10-14H2,1-2H3,(H,26,31)(H,27,30)/t17-,19?/m0/s1. The minimum absolute atomic E-state index is 0.110. The van der Waals surface area contributed by atoms with E-state index in [-0.39, 0.29) is 17.9 Å². The van der Waals surface area contributed by atoms with E-state index in [1.807, 2.05) is 12.1 Å². The molecule has 2 atom stereocenters. The van der Waals surface area contributed by atoms with Crippen molar-refractivity contribution in [2.75, 3.05) is 19.6 Å². The molecule has 3 N–H and O–H groups in total. The van der Waals surface area contributed by atoms with Crippen LogP contribution in [0.5, 0.6) is 0 Å². The van der Waals surface area contributed by atoms with E-state index in [1.165, 1.54) is 25.7 Å². The summed E-state index contributed by atoms with van der Waals surface area (Å²) < 4.78 is 1.73. The fourth-order valence-corrected chi connectivity index (χ4v) is 5.21. The maximum atomic E-state index is 13.0. The van der Waals surface area contributed by atoms with Gasteiger partial charge in [-0.3, -0.25) is 14.0 Å². The molecule has 1 saturated carbocycles. The van der Waals surface area contributed by atoms with Crippen molar-refractivity contribution < 1.29 is 9.59 Å². The highest BCUT2D eigenvalue weighted by Crippen LogP contribution is 2.34. The smallest absolute Gasteiger partial charge is 0.271 e. The Morgan fingerprint density at radius 2 is 1.90 bits per heavy atom. The van der Waals surface area contributed by atoms with Crippen LogP contribution in [-0.2, 0) is 0 Å². The molecular formula is C24H35N5O2. The fourth-order valence-electron chi connectivity index (χ4n) is 5.21. The molecule has 2 aromatic rings. The van der Waals surface area contributed by atoms with Crippen LogP contribution < -0.4 is 16.0 Å². The van der Waals surface area contributed by atoms with Crippen LogP contribution in [0.2, 0.25) is 0 Å². The first-order valence-electron chi connectivity index (χ1n) is 11.8. The average Bonchev–Trinajstić information content (AvgIpc) is 3.23. The Morgan fingerprint density at radius 3 is 2.68 bits per heavy atom. The number of hydrogen-bond donors (Lipinski definition) is 3. The molecule has 2 aliphatic rings. The van der Waals surface area contributed by atoms with Gasteiger partial charge in [-0.15, -0.1) is 0 Å². The molecule has 2 amide bonds. The first kappa shape index (κ1) is 21.8. The van der Waals surface area contributed by atoms with Crippen LogP contribution >= 0.6 is 0 Å². The number of hydrogen-bond acceptors (Lipinski definition) is 4. The van der Waals surface area contributed by atoms with Gasteiger partial charge in [0.2, 0.25) is 0 Å². The third-order valence-electron chi connectivity index (χ3n) is 6.98. The van der Waals surface area contributed by atoms with E-state index in [1.54, 1.807) is 16.7 Å². The minimum Gasteiger partial charge on any atom is -0.350 e. The summed E-state index contributed by atoms with van der Waals surface area (Å²) in [5.41, 5.74) is 1.48. The summed E-state index contributed by atoms with van der Waals surface area (Å²) in [5.74, 6) is 1.56. The van der Waals surface area contributed by atoms with E-state index in [4.69, 9.17) is 0 Å². The second-order valence-corrected chi connectivity index (χ2v) is 9.43. The Hall–Kier alpha value is -2.41. The third-order valence-corrected chi connectivity index (χ3v) is 6.98. The highest BCUT2D eigenvalue weighted by molar-refractivity contribution is 5.95. The van der Waals surface area contributed by atoms with Crippen molar-refractivity contribution >= 4 is 17.5 Å². The zero-order chi connectivity index (χ0) is 21.8. The molecule has 0 spiro atoms. The van der Waals surface area contributed by atoms with Crippen LogP contribution in [0.4, 0.5) is 0 Å². The Kier molecular flexibility index (Phi) is 6.90. The Balaban J connectivity index is 1.44. The summed E-state index contributed by atoms with van der Waals surface area (Å²) in [5, 5.41) is 9.53.